The van der Waals surface area contributed by atoms with Crippen LogP contribution in [0.25, 0.3) is 22.2 Å². The van der Waals surface area contributed by atoms with Gasteiger partial charge in [-0.3, -0.25) is 4.98 Å². The normalized spacial score (nSPS) is 10.6. The van der Waals surface area contributed by atoms with Gasteiger partial charge in [-0.15, -0.1) is 0 Å². The van der Waals surface area contributed by atoms with Gasteiger partial charge in [0.05, 0.1) is 24.6 Å². The predicted octanol–water partition coefficient (Wildman–Crippen LogP) is 3.36. The number of hydrogen-bond acceptors (Lipinski definition) is 4. The highest BCUT2D eigenvalue weighted by atomic mass is 32.1. The molecular formula is C14H11N3OS. The lowest BCUT2D eigenvalue weighted by atomic mass is 10.1. The van der Waals surface area contributed by atoms with E-state index in [2.05, 4.69) is 15.0 Å². The minimum absolute atomic E-state index is 0.434. The van der Waals surface area contributed by atoms with Gasteiger partial charge in [-0.25, -0.2) is 4.98 Å². The average molecular weight is 269 g/mol. The van der Waals surface area contributed by atoms with Crippen LogP contribution in [0.4, 0.5) is 0 Å². The number of nitrogens with zero attached hydrogens (tertiary/aromatic N) is 2. The van der Waals surface area contributed by atoms with Crippen LogP contribution in [0.15, 0.2) is 42.9 Å². The van der Waals surface area contributed by atoms with Gasteiger partial charge in [0.15, 0.2) is 10.4 Å². The molecule has 1 aromatic carbocycles. The Balaban J connectivity index is 2.37. The molecule has 1 N–H and O–H groups in total. The molecule has 0 saturated heterocycles. The van der Waals surface area contributed by atoms with E-state index in [0.717, 1.165) is 22.2 Å². The molecule has 0 aliphatic carbocycles. The maximum absolute atomic E-state index is 5.35. The molecule has 3 rings (SSSR count). The Morgan fingerprint density at radius 1 is 1.16 bits per heavy atom. The zero-order valence-electron chi connectivity index (χ0n) is 10.3. The molecular weight excluding hydrogens is 258 g/mol. The molecule has 3 aromatic rings. The number of ether oxygens (including phenoxy) is 1. The van der Waals surface area contributed by atoms with Crippen LogP contribution in [0.1, 0.15) is 0 Å². The minimum atomic E-state index is 0.434. The lowest BCUT2D eigenvalue weighted by molar-refractivity contribution is 0.411. The van der Waals surface area contributed by atoms with Gasteiger partial charge in [-0.1, -0.05) is 36.5 Å². The van der Waals surface area contributed by atoms with Crippen molar-refractivity contribution in [2.45, 2.75) is 0 Å². The van der Waals surface area contributed by atoms with E-state index in [1.807, 2.05) is 30.3 Å². The summed E-state index contributed by atoms with van der Waals surface area (Å²) in [6.07, 6.45) is 3.34. The Bertz CT molecular complexity index is 793. The second kappa shape index (κ2) is 4.78. The van der Waals surface area contributed by atoms with Gasteiger partial charge in [0, 0.05) is 17.1 Å². The molecule has 4 nitrogen and oxygen atoms in total. The van der Waals surface area contributed by atoms with Gasteiger partial charge in [0.2, 0.25) is 0 Å². The first-order valence-electron chi connectivity index (χ1n) is 5.77. The number of rotatable bonds is 2. The maximum Gasteiger partial charge on any atom is 0.179 e. The number of fused-ring (bicyclic) bond motifs is 1. The van der Waals surface area contributed by atoms with Crippen molar-refractivity contribution in [3.05, 3.63) is 47.5 Å². The minimum Gasteiger partial charge on any atom is -0.491 e. The first-order chi connectivity index (χ1) is 9.31. The van der Waals surface area contributed by atoms with E-state index in [-0.39, 0.29) is 0 Å². The Morgan fingerprint density at radius 2 is 2.00 bits per heavy atom. The van der Waals surface area contributed by atoms with Crippen molar-refractivity contribution < 1.29 is 4.74 Å². The van der Waals surface area contributed by atoms with E-state index in [4.69, 9.17) is 17.0 Å². The fourth-order valence-electron chi connectivity index (χ4n) is 2.08. The second-order valence-corrected chi connectivity index (χ2v) is 4.38. The van der Waals surface area contributed by atoms with Gasteiger partial charge in [-0.05, 0) is 6.07 Å². The third kappa shape index (κ3) is 1.98. The number of benzene rings is 1. The van der Waals surface area contributed by atoms with E-state index in [1.165, 1.54) is 0 Å². The van der Waals surface area contributed by atoms with Crippen molar-refractivity contribution in [2.24, 2.45) is 0 Å². The van der Waals surface area contributed by atoms with E-state index in [0.29, 0.717) is 10.4 Å². The Labute approximate surface area is 115 Å². The molecule has 0 unspecified atom stereocenters. The van der Waals surface area contributed by atoms with E-state index in [1.54, 1.807) is 19.6 Å². The SMILES string of the molecule is COc1c(-c2cccc3cccnc23)[nH]cnc1=S. The van der Waals surface area contributed by atoms with Crippen molar-refractivity contribution in [3.63, 3.8) is 0 Å². The largest absolute Gasteiger partial charge is 0.491 e. The molecule has 0 aliphatic rings. The maximum atomic E-state index is 5.35. The summed E-state index contributed by atoms with van der Waals surface area (Å²) in [7, 11) is 1.59. The first-order valence-corrected chi connectivity index (χ1v) is 6.18. The lowest BCUT2D eigenvalue weighted by Gasteiger charge is -2.09. The summed E-state index contributed by atoms with van der Waals surface area (Å²) in [6.45, 7) is 0. The van der Waals surface area contributed by atoms with Gasteiger partial charge < -0.3 is 9.72 Å². The molecule has 0 aliphatic heterocycles. The molecule has 0 atom stereocenters. The molecule has 0 bridgehead atoms. The number of methoxy groups -OCH3 is 1. The number of aromatic amines is 1. The monoisotopic (exact) mass is 269 g/mol. The second-order valence-electron chi connectivity index (χ2n) is 4.00. The van der Waals surface area contributed by atoms with Crippen molar-refractivity contribution in [1.29, 1.82) is 0 Å². The third-order valence-electron chi connectivity index (χ3n) is 2.92. The highest BCUT2D eigenvalue weighted by Gasteiger charge is 2.11. The molecule has 0 spiro atoms. The molecule has 0 fully saturated rings. The van der Waals surface area contributed by atoms with Crippen LogP contribution in [0, 0.1) is 4.64 Å². The van der Waals surface area contributed by atoms with Gasteiger partial charge in [0.25, 0.3) is 0 Å². The molecule has 0 radical (unpaired) electrons. The van der Waals surface area contributed by atoms with Crippen molar-refractivity contribution in [3.8, 4) is 17.0 Å². The summed E-state index contributed by atoms with van der Waals surface area (Å²) in [6, 6.07) is 9.93. The van der Waals surface area contributed by atoms with Crippen molar-refractivity contribution in [1.82, 2.24) is 15.0 Å². The molecule has 2 aromatic heterocycles. The van der Waals surface area contributed by atoms with Crippen LogP contribution < -0.4 is 4.74 Å². The van der Waals surface area contributed by atoms with Gasteiger partial charge in [0.1, 0.15) is 0 Å². The Morgan fingerprint density at radius 3 is 2.84 bits per heavy atom. The number of para-hydroxylation sites is 1. The molecule has 5 heteroatoms. The fourth-order valence-corrected chi connectivity index (χ4v) is 2.32. The van der Waals surface area contributed by atoms with Crippen molar-refractivity contribution >= 4 is 23.1 Å². The van der Waals surface area contributed by atoms with E-state index < -0.39 is 0 Å². The molecule has 94 valence electrons. The van der Waals surface area contributed by atoms with Crippen LogP contribution in [0.3, 0.4) is 0 Å². The molecule has 0 amide bonds. The Kier molecular flexibility index (Phi) is 2.97. The quantitative estimate of drug-likeness (QED) is 0.725. The number of H-pyrrole nitrogens is 1. The fraction of sp³-hybridized carbons (Fsp3) is 0.0714. The number of pyridine rings is 1. The molecule has 0 saturated carbocycles. The summed E-state index contributed by atoms with van der Waals surface area (Å²) in [4.78, 5) is 11.6. The number of hydrogen-bond donors (Lipinski definition) is 1. The van der Waals surface area contributed by atoms with Crippen LogP contribution in [-0.2, 0) is 0 Å². The molecule has 2 heterocycles. The zero-order chi connectivity index (χ0) is 13.2. The third-order valence-corrected chi connectivity index (χ3v) is 3.21. The number of aromatic nitrogens is 3. The van der Waals surface area contributed by atoms with Gasteiger partial charge in [-0.2, -0.15) is 0 Å². The molecule has 19 heavy (non-hydrogen) atoms. The van der Waals surface area contributed by atoms with Gasteiger partial charge >= 0.3 is 0 Å². The number of nitrogens with one attached hydrogen (secondary N) is 1. The first kappa shape index (κ1) is 11.8. The summed E-state index contributed by atoms with van der Waals surface area (Å²) >= 11 is 5.18. The summed E-state index contributed by atoms with van der Waals surface area (Å²) in [5.74, 6) is 0.565. The van der Waals surface area contributed by atoms with Crippen LogP contribution in [0.5, 0.6) is 5.75 Å². The van der Waals surface area contributed by atoms with Crippen LogP contribution >= 0.6 is 12.2 Å². The van der Waals surface area contributed by atoms with Crippen LogP contribution in [-0.4, -0.2) is 22.1 Å². The van der Waals surface area contributed by atoms with Crippen molar-refractivity contribution in [2.75, 3.05) is 7.11 Å². The average Bonchev–Trinajstić information content (AvgIpc) is 2.46. The van der Waals surface area contributed by atoms with E-state index >= 15 is 0 Å². The smallest absolute Gasteiger partial charge is 0.179 e. The zero-order valence-corrected chi connectivity index (χ0v) is 11.1. The topological polar surface area (TPSA) is 50.8 Å². The van der Waals surface area contributed by atoms with Crippen LogP contribution in [0.2, 0.25) is 0 Å². The Hall–Kier alpha value is -2.27. The summed E-state index contributed by atoms with van der Waals surface area (Å²) in [5.41, 5.74) is 2.65. The highest BCUT2D eigenvalue weighted by Crippen LogP contribution is 2.32. The predicted molar refractivity (Wildman–Crippen MR) is 76.7 cm³/mol. The summed E-state index contributed by atoms with van der Waals surface area (Å²) in [5, 5.41) is 1.07. The lowest BCUT2D eigenvalue weighted by Crippen LogP contribution is -1.95. The standard InChI is InChI=1S/C14H11N3OS/c1-18-13-12(16-8-17-14(13)19)10-6-2-4-9-5-3-7-15-11(9)10/h2-8H,1H3,(H,16,17,19). The highest BCUT2D eigenvalue weighted by molar-refractivity contribution is 7.71. The summed E-state index contributed by atoms with van der Waals surface area (Å²) < 4.78 is 5.79. The van der Waals surface area contributed by atoms with E-state index in [9.17, 15) is 0 Å².